The Morgan fingerprint density at radius 3 is 2.61 bits per heavy atom. The Morgan fingerprint density at radius 1 is 1.09 bits per heavy atom. The van der Waals surface area contributed by atoms with Crippen LogP contribution in [0, 0.1) is 0 Å². The molecule has 0 aliphatic rings. The van der Waals surface area contributed by atoms with Crippen LogP contribution in [0.3, 0.4) is 0 Å². The Morgan fingerprint density at radius 2 is 1.91 bits per heavy atom. The number of methoxy groups -OCH3 is 1. The number of benzene rings is 1. The van der Waals surface area contributed by atoms with Crippen molar-refractivity contribution in [2.24, 2.45) is 0 Å². The standard InChI is InChI=1S/C18H18ClN3O/c1-3-15-11-21-18(13-8-9-17(19)20-10-13)22(15)12-14-6-4-5-7-16(14)23-2/h4-11H,3,12H2,1-2H3. The monoisotopic (exact) mass is 327 g/mol. The van der Waals surface area contributed by atoms with Crippen LogP contribution in [0.1, 0.15) is 18.2 Å². The molecule has 0 aliphatic heterocycles. The van der Waals surface area contributed by atoms with Gasteiger partial charge in [-0.05, 0) is 24.6 Å². The summed E-state index contributed by atoms with van der Waals surface area (Å²) in [6, 6.07) is 11.8. The van der Waals surface area contributed by atoms with Gasteiger partial charge in [0.25, 0.3) is 0 Å². The molecule has 0 saturated carbocycles. The molecule has 0 radical (unpaired) electrons. The Labute approximate surface area is 140 Å². The molecular formula is C18H18ClN3O. The lowest BCUT2D eigenvalue weighted by Gasteiger charge is -2.14. The lowest BCUT2D eigenvalue weighted by molar-refractivity contribution is 0.408. The second-order valence-corrected chi connectivity index (χ2v) is 5.58. The molecule has 0 saturated heterocycles. The quantitative estimate of drug-likeness (QED) is 0.659. The van der Waals surface area contributed by atoms with Crippen LogP contribution in [0.15, 0.2) is 48.8 Å². The maximum atomic E-state index is 5.89. The third-order valence-corrected chi connectivity index (χ3v) is 4.03. The van der Waals surface area contributed by atoms with Gasteiger partial charge in [-0.25, -0.2) is 9.97 Å². The van der Waals surface area contributed by atoms with E-state index in [1.54, 1.807) is 19.4 Å². The van der Waals surface area contributed by atoms with E-state index in [1.165, 1.54) is 5.69 Å². The molecule has 0 atom stereocenters. The van der Waals surface area contributed by atoms with Gasteiger partial charge >= 0.3 is 0 Å². The molecule has 2 heterocycles. The molecule has 0 aliphatic carbocycles. The summed E-state index contributed by atoms with van der Waals surface area (Å²) in [6.45, 7) is 2.82. The first-order valence-electron chi connectivity index (χ1n) is 7.51. The van der Waals surface area contributed by atoms with Crippen LogP contribution in [-0.2, 0) is 13.0 Å². The Hall–Kier alpha value is -2.33. The summed E-state index contributed by atoms with van der Waals surface area (Å²) in [5, 5.41) is 0.479. The van der Waals surface area contributed by atoms with Crippen molar-refractivity contribution in [1.82, 2.24) is 14.5 Å². The van der Waals surface area contributed by atoms with Crippen LogP contribution >= 0.6 is 11.6 Å². The predicted octanol–water partition coefficient (Wildman–Crippen LogP) is 4.22. The maximum Gasteiger partial charge on any atom is 0.141 e. The van der Waals surface area contributed by atoms with E-state index in [2.05, 4.69) is 27.5 Å². The van der Waals surface area contributed by atoms with Gasteiger partial charge in [0, 0.05) is 29.2 Å². The first-order valence-corrected chi connectivity index (χ1v) is 7.89. The Bertz CT molecular complexity index is 796. The van der Waals surface area contributed by atoms with Gasteiger partial charge in [-0.15, -0.1) is 0 Å². The highest BCUT2D eigenvalue weighted by Gasteiger charge is 2.13. The van der Waals surface area contributed by atoms with Gasteiger partial charge < -0.3 is 9.30 Å². The van der Waals surface area contributed by atoms with E-state index in [1.807, 2.05) is 30.5 Å². The van der Waals surface area contributed by atoms with Gasteiger partial charge in [0.15, 0.2) is 0 Å². The van der Waals surface area contributed by atoms with E-state index in [4.69, 9.17) is 16.3 Å². The summed E-state index contributed by atoms with van der Waals surface area (Å²) >= 11 is 5.89. The lowest BCUT2D eigenvalue weighted by Crippen LogP contribution is -2.07. The van der Waals surface area contributed by atoms with E-state index >= 15 is 0 Å². The predicted molar refractivity (Wildman–Crippen MR) is 91.9 cm³/mol. The number of pyridine rings is 1. The van der Waals surface area contributed by atoms with Gasteiger partial charge in [0.05, 0.1) is 13.7 Å². The van der Waals surface area contributed by atoms with Crippen molar-refractivity contribution in [3.8, 4) is 17.1 Å². The molecule has 2 aromatic heterocycles. The van der Waals surface area contributed by atoms with E-state index < -0.39 is 0 Å². The summed E-state index contributed by atoms with van der Waals surface area (Å²) in [7, 11) is 1.69. The van der Waals surface area contributed by atoms with Gasteiger partial charge in [0.1, 0.15) is 16.7 Å². The number of aromatic nitrogens is 3. The molecule has 3 rings (SSSR count). The van der Waals surface area contributed by atoms with Gasteiger partial charge in [-0.2, -0.15) is 0 Å². The fourth-order valence-electron chi connectivity index (χ4n) is 2.61. The van der Waals surface area contributed by atoms with Gasteiger partial charge in [-0.3, -0.25) is 0 Å². The third-order valence-electron chi connectivity index (χ3n) is 3.81. The Kier molecular flexibility index (Phi) is 4.63. The molecule has 4 nitrogen and oxygen atoms in total. The number of hydrogen-bond donors (Lipinski definition) is 0. The number of aryl methyl sites for hydroxylation is 1. The number of rotatable bonds is 5. The van der Waals surface area contributed by atoms with Crippen LogP contribution in [0.5, 0.6) is 5.75 Å². The topological polar surface area (TPSA) is 39.9 Å². The lowest BCUT2D eigenvalue weighted by atomic mass is 10.2. The number of imidazole rings is 1. The van der Waals surface area contributed by atoms with Crippen LogP contribution in [-0.4, -0.2) is 21.6 Å². The molecule has 0 amide bonds. The third kappa shape index (κ3) is 3.22. The summed E-state index contributed by atoms with van der Waals surface area (Å²) in [6.07, 6.45) is 4.57. The van der Waals surface area contributed by atoms with Crippen molar-refractivity contribution in [3.05, 3.63) is 65.2 Å². The number of nitrogens with zero attached hydrogens (tertiary/aromatic N) is 3. The molecular weight excluding hydrogens is 310 g/mol. The fraction of sp³-hybridized carbons (Fsp3) is 0.222. The maximum absolute atomic E-state index is 5.89. The summed E-state index contributed by atoms with van der Waals surface area (Å²) < 4.78 is 7.66. The SMILES string of the molecule is CCc1cnc(-c2ccc(Cl)nc2)n1Cc1ccccc1OC. The van der Waals surface area contributed by atoms with E-state index in [-0.39, 0.29) is 0 Å². The van der Waals surface area contributed by atoms with Gasteiger partial charge in [0.2, 0.25) is 0 Å². The number of hydrogen-bond acceptors (Lipinski definition) is 3. The largest absolute Gasteiger partial charge is 0.496 e. The molecule has 0 spiro atoms. The number of halogens is 1. The van der Waals surface area contributed by atoms with Crippen molar-refractivity contribution in [3.63, 3.8) is 0 Å². The van der Waals surface area contributed by atoms with Crippen molar-refractivity contribution >= 4 is 11.6 Å². The molecule has 118 valence electrons. The minimum atomic E-state index is 0.479. The molecule has 3 aromatic rings. The minimum Gasteiger partial charge on any atom is -0.496 e. The molecule has 0 bridgehead atoms. The normalized spacial score (nSPS) is 10.7. The summed E-state index contributed by atoms with van der Waals surface area (Å²) in [5.41, 5.74) is 3.23. The molecule has 0 unspecified atom stereocenters. The smallest absolute Gasteiger partial charge is 0.141 e. The average molecular weight is 328 g/mol. The molecule has 0 N–H and O–H groups in total. The van der Waals surface area contributed by atoms with Crippen molar-refractivity contribution in [1.29, 1.82) is 0 Å². The van der Waals surface area contributed by atoms with Crippen LogP contribution in [0.4, 0.5) is 0 Å². The second kappa shape index (κ2) is 6.84. The summed E-state index contributed by atoms with van der Waals surface area (Å²) in [4.78, 5) is 8.74. The first-order chi connectivity index (χ1) is 11.2. The van der Waals surface area contributed by atoms with Crippen molar-refractivity contribution < 1.29 is 4.74 Å². The highest BCUT2D eigenvalue weighted by molar-refractivity contribution is 6.29. The Balaban J connectivity index is 2.04. The fourth-order valence-corrected chi connectivity index (χ4v) is 2.72. The van der Waals surface area contributed by atoms with E-state index in [0.717, 1.165) is 29.1 Å². The zero-order valence-electron chi connectivity index (χ0n) is 13.2. The van der Waals surface area contributed by atoms with E-state index in [0.29, 0.717) is 11.7 Å². The van der Waals surface area contributed by atoms with E-state index in [9.17, 15) is 0 Å². The summed E-state index contributed by atoms with van der Waals surface area (Å²) in [5.74, 6) is 1.76. The van der Waals surface area contributed by atoms with Crippen molar-refractivity contribution in [2.75, 3.05) is 7.11 Å². The molecule has 5 heteroatoms. The van der Waals surface area contributed by atoms with Gasteiger partial charge in [-0.1, -0.05) is 36.7 Å². The van der Waals surface area contributed by atoms with Crippen LogP contribution < -0.4 is 4.74 Å². The zero-order valence-corrected chi connectivity index (χ0v) is 13.9. The molecule has 0 fully saturated rings. The highest BCUT2D eigenvalue weighted by atomic mass is 35.5. The minimum absolute atomic E-state index is 0.479. The molecule has 23 heavy (non-hydrogen) atoms. The van der Waals surface area contributed by atoms with Crippen LogP contribution in [0.25, 0.3) is 11.4 Å². The first kappa shape index (κ1) is 15.6. The number of para-hydroxylation sites is 1. The second-order valence-electron chi connectivity index (χ2n) is 5.19. The average Bonchev–Trinajstić information content (AvgIpc) is 2.99. The zero-order chi connectivity index (χ0) is 16.2. The van der Waals surface area contributed by atoms with Crippen LogP contribution in [0.2, 0.25) is 5.15 Å². The molecule has 1 aromatic carbocycles. The van der Waals surface area contributed by atoms with Crippen molar-refractivity contribution in [2.45, 2.75) is 19.9 Å². The number of ether oxygens (including phenoxy) is 1. The highest BCUT2D eigenvalue weighted by Crippen LogP contribution is 2.25.